The molecule has 126 valence electrons. The first kappa shape index (κ1) is 16.7. The number of rotatable bonds is 4. The van der Waals surface area contributed by atoms with Gasteiger partial charge in [-0.3, -0.25) is 4.79 Å². The summed E-state index contributed by atoms with van der Waals surface area (Å²) in [5.74, 6) is 0.493. The standard InChI is InChI=1S/C19H21ClN2O2/c1-12-8-16(18(24-3)10-15(12)20)21-19(23)11-22-13(2)9-14-6-4-5-7-17(14)22/h4-8,10,13H,9,11H2,1-3H3,(H,21,23)/t13-/m0/s1. The van der Waals surface area contributed by atoms with E-state index in [-0.39, 0.29) is 5.91 Å². The zero-order chi connectivity index (χ0) is 17.3. The molecule has 1 amide bonds. The number of carbonyl (C=O) groups is 1. The first-order chi connectivity index (χ1) is 11.5. The van der Waals surface area contributed by atoms with Gasteiger partial charge < -0.3 is 15.0 Å². The largest absolute Gasteiger partial charge is 0.495 e. The molecule has 5 heteroatoms. The van der Waals surface area contributed by atoms with Gasteiger partial charge in [0.25, 0.3) is 0 Å². The highest BCUT2D eigenvalue weighted by Gasteiger charge is 2.27. The third kappa shape index (κ3) is 3.20. The zero-order valence-electron chi connectivity index (χ0n) is 14.1. The first-order valence-electron chi connectivity index (χ1n) is 7.98. The number of anilines is 2. The van der Waals surface area contributed by atoms with Crippen LogP contribution in [-0.4, -0.2) is 25.6 Å². The van der Waals surface area contributed by atoms with E-state index in [0.717, 1.165) is 17.7 Å². The van der Waals surface area contributed by atoms with Crippen LogP contribution in [-0.2, 0) is 11.2 Å². The van der Waals surface area contributed by atoms with E-state index in [1.165, 1.54) is 5.56 Å². The highest BCUT2D eigenvalue weighted by Crippen LogP contribution is 2.33. The molecular weight excluding hydrogens is 324 g/mol. The SMILES string of the molecule is COc1cc(Cl)c(C)cc1NC(=O)CN1c2ccccc2C[C@@H]1C. The van der Waals surface area contributed by atoms with E-state index in [1.54, 1.807) is 13.2 Å². The van der Waals surface area contributed by atoms with Crippen LogP contribution in [0.25, 0.3) is 0 Å². The van der Waals surface area contributed by atoms with Crippen LogP contribution >= 0.6 is 11.6 Å². The van der Waals surface area contributed by atoms with Crippen molar-refractivity contribution in [3.05, 3.63) is 52.5 Å². The van der Waals surface area contributed by atoms with Gasteiger partial charge in [0.2, 0.25) is 5.91 Å². The number of methoxy groups -OCH3 is 1. The summed E-state index contributed by atoms with van der Waals surface area (Å²) >= 11 is 6.11. The molecule has 0 saturated heterocycles. The van der Waals surface area contributed by atoms with Crippen molar-refractivity contribution in [2.75, 3.05) is 23.9 Å². The number of benzene rings is 2. The molecule has 1 heterocycles. The maximum atomic E-state index is 12.5. The lowest BCUT2D eigenvalue weighted by Crippen LogP contribution is -2.37. The maximum Gasteiger partial charge on any atom is 0.244 e. The molecule has 3 rings (SSSR count). The second-order valence-electron chi connectivity index (χ2n) is 6.16. The number of nitrogens with zero attached hydrogens (tertiary/aromatic N) is 1. The van der Waals surface area contributed by atoms with Crippen LogP contribution in [0, 0.1) is 6.92 Å². The molecule has 24 heavy (non-hydrogen) atoms. The number of hydrogen-bond donors (Lipinski definition) is 1. The lowest BCUT2D eigenvalue weighted by atomic mass is 10.1. The van der Waals surface area contributed by atoms with Crippen LogP contribution in [0.4, 0.5) is 11.4 Å². The summed E-state index contributed by atoms with van der Waals surface area (Å²) in [6.45, 7) is 4.35. The Labute approximate surface area is 147 Å². The number of halogens is 1. The number of hydrogen-bond acceptors (Lipinski definition) is 3. The molecule has 1 aliphatic rings. The summed E-state index contributed by atoms with van der Waals surface area (Å²) in [6, 6.07) is 12.1. The molecule has 0 aliphatic carbocycles. The van der Waals surface area contributed by atoms with E-state index in [2.05, 4.69) is 29.3 Å². The van der Waals surface area contributed by atoms with Crippen molar-refractivity contribution < 1.29 is 9.53 Å². The molecule has 2 aromatic carbocycles. The van der Waals surface area contributed by atoms with E-state index < -0.39 is 0 Å². The molecule has 0 unspecified atom stereocenters. The molecule has 1 N–H and O–H groups in total. The van der Waals surface area contributed by atoms with E-state index >= 15 is 0 Å². The molecule has 0 aromatic heterocycles. The van der Waals surface area contributed by atoms with Gasteiger partial charge in [0.1, 0.15) is 5.75 Å². The number of amides is 1. The van der Waals surface area contributed by atoms with Gasteiger partial charge in [-0.25, -0.2) is 0 Å². The number of aryl methyl sites for hydroxylation is 1. The van der Waals surface area contributed by atoms with Crippen molar-refractivity contribution in [3.8, 4) is 5.75 Å². The number of fused-ring (bicyclic) bond motifs is 1. The van der Waals surface area contributed by atoms with E-state index in [9.17, 15) is 4.79 Å². The third-order valence-electron chi connectivity index (χ3n) is 4.42. The van der Waals surface area contributed by atoms with Crippen molar-refractivity contribution in [3.63, 3.8) is 0 Å². The predicted octanol–water partition coefficient (Wildman–Crippen LogP) is 4.05. The van der Waals surface area contributed by atoms with Gasteiger partial charge in [0.15, 0.2) is 0 Å². The van der Waals surface area contributed by atoms with Gasteiger partial charge >= 0.3 is 0 Å². The summed E-state index contributed by atoms with van der Waals surface area (Å²) in [6.07, 6.45) is 0.965. The highest BCUT2D eigenvalue weighted by molar-refractivity contribution is 6.31. The Morgan fingerprint density at radius 3 is 2.88 bits per heavy atom. The smallest absolute Gasteiger partial charge is 0.244 e. The summed E-state index contributed by atoms with van der Waals surface area (Å²) in [5, 5.41) is 3.56. The molecule has 0 saturated carbocycles. The average Bonchev–Trinajstić information content (AvgIpc) is 2.86. The number of para-hydroxylation sites is 1. The van der Waals surface area contributed by atoms with E-state index in [0.29, 0.717) is 29.0 Å². The fourth-order valence-electron chi connectivity index (χ4n) is 3.14. The number of nitrogens with one attached hydrogen (secondary N) is 1. The second-order valence-corrected chi connectivity index (χ2v) is 6.57. The van der Waals surface area contributed by atoms with Crippen LogP contribution in [0.5, 0.6) is 5.75 Å². The summed E-state index contributed by atoms with van der Waals surface area (Å²) < 4.78 is 5.32. The van der Waals surface area contributed by atoms with Crippen LogP contribution in [0.2, 0.25) is 5.02 Å². The van der Waals surface area contributed by atoms with Gasteiger partial charge in [-0.05, 0) is 43.5 Å². The predicted molar refractivity (Wildman–Crippen MR) is 98.3 cm³/mol. The van der Waals surface area contributed by atoms with Gasteiger partial charge in [-0.1, -0.05) is 29.8 Å². The third-order valence-corrected chi connectivity index (χ3v) is 4.82. The number of carbonyl (C=O) groups excluding carboxylic acids is 1. The number of ether oxygens (including phenoxy) is 1. The Hall–Kier alpha value is -2.20. The van der Waals surface area contributed by atoms with Gasteiger partial charge in [-0.15, -0.1) is 0 Å². The van der Waals surface area contributed by atoms with Crippen molar-refractivity contribution in [2.45, 2.75) is 26.3 Å². The molecule has 0 radical (unpaired) electrons. The van der Waals surface area contributed by atoms with Crippen molar-refractivity contribution >= 4 is 28.9 Å². The fraction of sp³-hybridized carbons (Fsp3) is 0.316. The Morgan fingerprint density at radius 2 is 2.12 bits per heavy atom. The van der Waals surface area contributed by atoms with E-state index in [4.69, 9.17) is 16.3 Å². The Balaban J connectivity index is 1.76. The quantitative estimate of drug-likeness (QED) is 0.909. The molecule has 0 fully saturated rings. The minimum absolute atomic E-state index is 0.0708. The zero-order valence-corrected chi connectivity index (χ0v) is 14.9. The molecule has 1 aliphatic heterocycles. The second kappa shape index (κ2) is 6.73. The normalized spacial score (nSPS) is 16.0. The molecule has 1 atom stereocenters. The Morgan fingerprint density at radius 1 is 1.38 bits per heavy atom. The maximum absolute atomic E-state index is 12.5. The minimum Gasteiger partial charge on any atom is -0.495 e. The van der Waals surface area contributed by atoms with E-state index in [1.807, 2.05) is 25.1 Å². The summed E-state index contributed by atoms with van der Waals surface area (Å²) in [5.41, 5.74) is 3.97. The molecule has 0 bridgehead atoms. The Bertz CT molecular complexity index is 776. The van der Waals surface area contributed by atoms with Crippen LogP contribution in [0.1, 0.15) is 18.1 Å². The highest BCUT2D eigenvalue weighted by atomic mass is 35.5. The molecule has 4 nitrogen and oxygen atoms in total. The van der Waals surface area contributed by atoms with Crippen molar-refractivity contribution in [2.24, 2.45) is 0 Å². The van der Waals surface area contributed by atoms with Crippen LogP contribution in [0.3, 0.4) is 0 Å². The summed E-state index contributed by atoms with van der Waals surface area (Å²) in [4.78, 5) is 14.7. The van der Waals surface area contributed by atoms with Crippen molar-refractivity contribution in [1.82, 2.24) is 0 Å². The molecule has 0 spiro atoms. The first-order valence-corrected chi connectivity index (χ1v) is 8.36. The topological polar surface area (TPSA) is 41.6 Å². The average molecular weight is 345 g/mol. The lowest BCUT2D eigenvalue weighted by molar-refractivity contribution is -0.115. The van der Waals surface area contributed by atoms with Gasteiger partial charge in [0, 0.05) is 22.8 Å². The monoisotopic (exact) mass is 344 g/mol. The van der Waals surface area contributed by atoms with Gasteiger partial charge in [-0.2, -0.15) is 0 Å². The summed E-state index contributed by atoms with van der Waals surface area (Å²) in [7, 11) is 1.56. The molecule has 2 aromatic rings. The lowest BCUT2D eigenvalue weighted by Gasteiger charge is -2.24. The van der Waals surface area contributed by atoms with Crippen molar-refractivity contribution in [1.29, 1.82) is 0 Å². The van der Waals surface area contributed by atoms with Crippen LogP contribution < -0.4 is 15.0 Å². The van der Waals surface area contributed by atoms with Gasteiger partial charge in [0.05, 0.1) is 19.3 Å². The Kier molecular flexibility index (Phi) is 4.67. The molecular formula is C19H21ClN2O2. The van der Waals surface area contributed by atoms with Crippen LogP contribution in [0.15, 0.2) is 36.4 Å². The fourth-order valence-corrected chi connectivity index (χ4v) is 3.30. The minimum atomic E-state index is -0.0708.